The minimum atomic E-state index is 0.303. The van der Waals surface area contributed by atoms with Crippen molar-refractivity contribution in [3.8, 4) is 5.88 Å². The summed E-state index contributed by atoms with van der Waals surface area (Å²) in [5.74, 6) is 2.38. The summed E-state index contributed by atoms with van der Waals surface area (Å²) in [4.78, 5) is 8.60. The second-order valence-electron chi connectivity index (χ2n) is 5.84. The summed E-state index contributed by atoms with van der Waals surface area (Å²) in [6.45, 7) is 13.4. The molecule has 0 saturated carbocycles. The van der Waals surface area contributed by atoms with E-state index in [0.29, 0.717) is 30.9 Å². The molecule has 0 saturated heterocycles. The smallest absolute Gasteiger partial charge is 0.222 e. The minimum Gasteiger partial charge on any atom is -0.475 e. The molecule has 120 valence electrons. The molecule has 0 aliphatic heterocycles. The fraction of sp³-hybridized carbons (Fsp3) is 0.750. The summed E-state index contributed by atoms with van der Waals surface area (Å²) in [5.41, 5.74) is 1.04. The molecule has 0 atom stereocenters. The SMILES string of the molecule is CCCNc1ncnc(OCCOCC(C)C)c1C(C)C. The van der Waals surface area contributed by atoms with Crippen LogP contribution in [0.25, 0.3) is 0 Å². The summed E-state index contributed by atoms with van der Waals surface area (Å²) in [5, 5.41) is 3.34. The van der Waals surface area contributed by atoms with Gasteiger partial charge in [0.1, 0.15) is 18.8 Å². The largest absolute Gasteiger partial charge is 0.475 e. The fourth-order valence-electron chi connectivity index (χ4n) is 1.92. The predicted molar refractivity (Wildman–Crippen MR) is 86.1 cm³/mol. The number of ether oxygens (including phenoxy) is 2. The maximum absolute atomic E-state index is 5.78. The average Bonchev–Trinajstić information content (AvgIpc) is 2.44. The number of hydrogen-bond donors (Lipinski definition) is 1. The molecule has 0 aromatic carbocycles. The molecule has 21 heavy (non-hydrogen) atoms. The number of anilines is 1. The Kier molecular flexibility index (Phi) is 8.05. The van der Waals surface area contributed by atoms with Crippen LogP contribution in [0.5, 0.6) is 5.88 Å². The maximum atomic E-state index is 5.78. The molecule has 1 rings (SSSR count). The standard InChI is InChI=1S/C16H29N3O2/c1-6-7-17-15-14(13(4)5)16(19-11-18-15)21-9-8-20-10-12(2)3/h11-13H,6-10H2,1-5H3,(H,17,18,19). The zero-order chi connectivity index (χ0) is 15.7. The Labute approximate surface area is 128 Å². The molecular formula is C16H29N3O2. The highest BCUT2D eigenvalue weighted by Gasteiger charge is 2.15. The van der Waals surface area contributed by atoms with E-state index in [9.17, 15) is 0 Å². The average molecular weight is 295 g/mol. The Balaban J connectivity index is 2.63. The van der Waals surface area contributed by atoms with Crippen molar-refractivity contribution in [1.29, 1.82) is 0 Å². The third kappa shape index (κ3) is 6.29. The second-order valence-corrected chi connectivity index (χ2v) is 5.84. The number of hydrogen-bond acceptors (Lipinski definition) is 5. The van der Waals surface area contributed by atoms with Gasteiger partial charge in [0.2, 0.25) is 5.88 Å². The molecule has 0 spiro atoms. The van der Waals surface area contributed by atoms with Crippen molar-refractivity contribution in [3.05, 3.63) is 11.9 Å². The van der Waals surface area contributed by atoms with Crippen molar-refractivity contribution in [2.45, 2.75) is 47.0 Å². The summed E-state index contributed by atoms with van der Waals surface area (Å²) < 4.78 is 11.3. The first-order chi connectivity index (χ1) is 10.1. The van der Waals surface area contributed by atoms with Crippen LogP contribution < -0.4 is 10.1 Å². The lowest BCUT2D eigenvalue weighted by Crippen LogP contribution is -2.14. The molecule has 5 nitrogen and oxygen atoms in total. The van der Waals surface area contributed by atoms with E-state index in [1.54, 1.807) is 6.33 Å². The Hall–Kier alpha value is -1.36. The van der Waals surface area contributed by atoms with Crippen molar-refractivity contribution in [2.75, 3.05) is 31.7 Å². The molecule has 1 aromatic rings. The topological polar surface area (TPSA) is 56.3 Å². The third-order valence-electron chi connectivity index (χ3n) is 2.88. The van der Waals surface area contributed by atoms with Gasteiger partial charge in [0.05, 0.1) is 12.2 Å². The molecule has 0 bridgehead atoms. The highest BCUT2D eigenvalue weighted by Crippen LogP contribution is 2.29. The van der Waals surface area contributed by atoms with Crippen LogP contribution in [-0.2, 0) is 4.74 Å². The molecule has 0 unspecified atom stereocenters. The molecule has 1 aromatic heterocycles. The highest BCUT2D eigenvalue weighted by molar-refractivity contribution is 5.50. The van der Waals surface area contributed by atoms with E-state index >= 15 is 0 Å². The van der Waals surface area contributed by atoms with Gasteiger partial charge in [-0.3, -0.25) is 0 Å². The summed E-state index contributed by atoms with van der Waals surface area (Å²) in [6.07, 6.45) is 2.61. The lowest BCUT2D eigenvalue weighted by Gasteiger charge is -2.17. The van der Waals surface area contributed by atoms with Crippen molar-refractivity contribution in [2.24, 2.45) is 5.92 Å². The van der Waals surface area contributed by atoms with Crippen LogP contribution in [0, 0.1) is 5.92 Å². The van der Waals surface area contributed by atoms with Crippen molar-refractivity contribution in [1.82, 2.24) is 9.97 Å². The van der Waals surface area contributed by atoms with Gasteiger partial charge >= 0.3 is 0 Å². The van der Waals surface area contributed by atoms with Gasteiger partial charge in [0.15, 0.2) is 0 Å². The van der Waals surface area contributed by atoms with Gasteiger partial charge < -0.3 is 14.8 Å². The summed E-state index contributed by atoms with van der Waals surface area (Å²) in [6, 6.07) is 0. The van der Waals surface area contributed by atoms with E-state index in [2.05, 4.69) is 49.9 Å². The maximum Gasteiger partial charge on any atom is 0.222 e. The molecule has 0 aliphatic rings. The normalized spacial score (nSPS) is 11.2. The van der Waals surface area contributed by atoms with Crippen molar-refractivity contribution >= 4 is 5.82 Å². The van der Waals surface area contributed by atoms with Crippen LogP contribution in [0.1, 0.15) is 52.5 Å². The minimum absolute atomic E-state index is 0.303. The number of nitrogens with one attached hydrogen (secondary N) is 1. The number of rotatable bonds is 10. The van der Waals surface area contributed by atoms with Crippen LogP contribution in [0.15, 0.2) is 6.33 Å². The molecule has 0 amide bonds. The number of nitrogens with zero attached hydrogens (tertiary/aromatic N) is 2. The first kappa shape index (κ1) is 17.7. The van der Waals surface area contributed by atoms with E-state index in [1.165, 1.54) is 0 Å². The van der Waals surface area contributed by atoms with E-state index in [1.807, 2.05) is 0 Å². The predicted octanol–water partition coefficient (Wildman–Crippen LogP) is 3.47. The van der Waals surface area contributed by atoms with Crippen LogP contribution in [0.4, 0.5) is 5.82 Å². The quantitative estimate of drug-likeness (QED) is 0.670. The molecule has 1 heterocycles. The molecule has 0 aliphatic carbocycles. The van der Waals surface area contributed by atoms with Gasteiger partial charge in [-0.1, -0.05) is 34.6 Å². The summed E-state index contributed by atoms with van der Waals surface area (Å²) in [7, 11) is 0. The van der Waals surface area contributed by atoms with Crippen molar-refractivity contribution in [3.63, 3.8) is 0 Å². The fourth-order valence-corrected chi connectivity index (χ4v) is 1.92. The van der Waals surface area contributed by atoms with Crippen LogP contribution in [-0.4, -0.2) is 36.3 Å². The zero-order valence-corrected chi connectivity index (χ0v) is 14.0. The molecule has 0 fully saturated rings. The Morgan fingerprint density at radius 2 is 1.90 bits per heavy atom. The van der Waals surface area contributed by atoms with Gasteiger partial charge in [-0.2, -0.15) is 0 Å². The van der Waals surface area contributed by atoms with Gasteiger partial charge in [-0.25, -0.2) is 9.97 Å². The first-order valence-electron chi connectivity index (χ1n) is 7.85. The zero-order valence-electron chi connectivity index (χ0n) is 14.0. The van der Waals surface area contributed by atoms with Crippen LogP contribution in [0.2, 0.25) is 0 Å². The highest BCUT2D eigenvalue weighted by atomic mass is 16.5. The molecule has 0 radical (unpaired) electrons. The monoisotopic (exact) mass is 295 g/mol. The third-order valence-corrected chi connectivity index (χ3v) is 2.88. The second kappa shape index (κ2) is 9.55. The summed E-state index contributed by atoms with van der Waals surface area (Å²) >= 11 is 0. The molecular weight excluding hydrogens is 266 g/mol. The molecule has 1 N–H and O–H groups in total. The van der Waals surface area contributed by atoms with Gasteiger partial charge in [0, 0.05) is 13.2 Å². The van der Waals surface area contributed by atoms with E-state index in [4.69, 9.17) is 9.47 Å². The van der Waals surface area contributed by atoms with E-state index in [0.717, 1.165) is 31.0 Å². The lowest BCUT2D eigenvalue weighted by molar-refractivity contribution is 0.0802. The van der Waals surface area contributed by atoms with Gasteiger partial charge in [0.25, 0.3) is 0 Å². The Morgan fingerprint density at radius 1 is 1.14 bits per heavy atom. The Morgan fingerprint density at radius 3 is 2.52 bits per heavy atom. The lowest BCUT2D eigenvalue weighted by atomic mass is 10.1. The van der Waals surface area contributed by atoms with E-state index < -0.39 is 0 Å². The van der Waals surface area contributed by atoms with E-state index in [-0.39, 0.29) is 0 Å². The van der Waals surface area contributed by atoms with Gasteiger partial charge in [-0.05, 0) is 18.3 Å². The van der Waals surface area contributed by atoms with Gasteiger partial charge in [-0.15, -0.1) is 0 Å². The number of aromatic nitrogens is 2. The van der Waals surface area contributed by atoms with Crippen LogP contribution >= 0.6 is 0 Å². The molecule has 5 heteroatoms. The van der Waals surface area contributed by atoms with Crippen molar-refractivity contribution < 1.29 is 9.47 Å². The first-order valence-corrected chi connectivity index (χ1v) is 7.85. The Bertz CT molecular complexity index is 409. The van der Waals surface area contributed by atoms with Crippen LogP contribution in [0.3, 0.4) is 0 Å².